The van der Waals surface area contributed by atoms with E-state index in [0.717, 1.165) is 25.9 Å². The number of halogens is 1. The highest BCUT2D eigenvalue weighted by atomic mass is 19.1. The Morgan fingerprint density at radius 3 is 3.00 bits per heavy atom. The van der Waals surface area contributed by atoms with Crippen LogP contribution in [0.3, 0.4) is 0 Å². The minimum atomic E-state index is -0.240. The number of benzene rings is 1. The number of hydrogen-bond donors (Lipinski definition) is 2. The van der Waals surface area contributed by atoms with E-state index in [0.29, 0.717) is 23.7 Å². The van der Waals surface area contributed by atoms with Gasteiger partial charge in [0.2, 0.25) is 0 Å². The molecule has 0 aromatic heterocycles. The zero-order chi connectivity index (χ0) is 12.3. The maximum absolute atomic E-state index is 13.6. The number of nitrogen functional groups attached to an aromatic ring is 1. The molecule has 0 radical (unpaired) electrons. The number of rotatable bonds is 3. The number of aliphatic hydroxyl groups excluding tert-OH is 1. The Kier molecular flexibility index (Phi) is 3.97. The number of hydrogen-bond acceptors (Lipinski definition) is 3. The number of nitrogens with two attached hydrogens (primary N) is 1. The molecule has 0 spiro atoms. The fraction of sp³-hybridized carbons (Fsp3) is 0.538. The van der Waals surface area contributed by atoms with Crippen molar-refractivity contribution in [2.24, 2.45) is 5.92 Å². The molecule has 0 saturated carbocycles. The molecular weight excluding hydrogens is 219 g/mol. The molecule has 94 valence electrons. The van der Waals surface area contributed by atoms with Crippen LogP contribution >= 0.6 is 0 Å². The van der Waals surface area contributed by atoms with Gasteiger partial charge in [-0.2, -0.15) is 0 Å². The van der Waals surface area contributed by atoms with Crippen molar-refractivity contribution in [3.63, 3.8) is 0 Å². The third-order valence-corrected chi connectivity index (χ3v) is 3.33. The molecule has 1 aliphatic rings. The molecule has 1 atom stereocenters. The van der Waals surface area contributed by atoms with Gasteiger partial charge in [0.15, 0.2) is 0 Å². The zero-order valence-corrected chi connectivity index (χ0v) is 9.90. The van der Waals surface area contributed by atoms with E-state index >= 15 is 0 Å². The highest BCUT2D eigenvalue weighted by Gasteiger charge is 2.19. The van der Waals surface area contributed by atoms with Gasteiger partial charge in [0.05, 0.1) is 0 Å². The van der Waals surface area contributed by atoms with Crippen molar-refractivity contribution in [2.75, 3.05) is 25.4 Å². The first-order valence-electron chi connectivity index (χ1n) is 6.06. The first-order chi connectivity index (χ1) is 8.19. The van der Waals surface area contributed by atoms with Crippen molar-refractivity contribution < 1.29 is 9.50 Å². The molecule has 1 aromatic rings. The lowest BCUT2D eigenvalue weighted by atomic mass is 9.98. The van der Waals surface area contributed by atoms with Crippen LogP contribution in [-0.4, -0.2) is 29.7 Å². The predicted octanol–water partition coefficient (Wildman–Crippen LogP) is 1.61. The van der Waals surface area contributed by atoms with Gasteiger partial charge in [-0.15, -0.1) is 0 Å². The smallest absolute Gasteiger partial charge is 0.129 e. The molecule has 1 heterocycles. The van der Waals surface area contributed by atoms with E-state index in [9.17, 15) is 4.39 Å². The second kappa shape index (κ2) is 5.47. The summed E-state index contributed by atoms with van der Waals surface area (Å²) in [4.78, 5) is 2.19. The maximum Gasteiger partial charge on any atom is 0.129 e. The van der Waals surface area contributed by atoms with E-state index in [2.05, 4.69) is 4.90 Å². The maximum atomic E-state index is 13.6. The minimum Gasteiger partial charge on any atom is -0.399 e. The number of piperidine rings is 1. The number of likely N-dealkylation sites (tertiary alicyclic amines) is 1. The summed E-state index contributed by atoms with van der Waals surface area (Å²) in [6.07, 6.45) is 2.14. The van der Waals surface area contributed by atoms with Gasteiger partial charge in [0.25, 0.3) is 0 Å². The molecule has 3 N–H and O–H groups in total. The van der Waals surface area contributed by atoms with Crippen molar-refractivity contribution >= 4 is 5.69 Å². The molecule has 1 fully saturated rings. The molecule has 0 amide bonds. The highest BCUT2D eigenvalue weighted by Crippen LogP contribution is 2.20. The highest BCUT2D eigenvalue weighted by molar-refractivity contribution is 5.40. The van der Waals surface area contributed by atoms with Crippen LogP contribution in [0, 0.1) is 11.7 Å². The van der Waals surface area contributed by atoms with Crippen LogP contribution in [0.4, 0.5) is 10.1 Å². The van der Waals surface area contributed by atoms with Crippen LogP contribution in [-0.2, 0) is 6.54 Å². The predicted molar refractivity (Wildman–Crippen MR) is 65.9 cm³/mol. The largest absolute Gasteiger partial charge is 0.399 e. The number of aliphatic hydroxyl groups is 1. The quantitative estimate of drug-likeness (QED) is 0.787. The van der Waals surface area contributed by atoms with Crippen LogP contribution in [0.25, 0.3) is 0 Å². The SMILES string of the molecule is Nc1ccc(CN2CCCC(CO)C2)c(F)c1. The van der Waals surface area contributed by atoms with Gasteiger partial charge in [-0.05, 0) is 37.4 Å². The summed E-state index contributed by atoms with van der Waals surface area (Å²) in [7, 11) is 0. The molecule has 1 saturated heterocycles. The minimum absolute atomic E-state index is 0.223. The van der Waals surface area contributed by atoms with Gasteiger partial charge in [0.1, 0.15) is 5.82 Å². The normalized spacial score (nSPS) is 21.6. The van der Waals surface area contributed by atoms with E-state index in [-0.39, 0.29) is 12.4 Å². The van der Waals surface area contributed by atoms with Gasteiger partial charge in [-0.25, -0.2) is 4.39 Å². The molecule has 1 aromatic carbocycles. The molecule has 17 heavy (non-hydrogen) atoms. The van der Waals surface area contributed by atoms with Gasteiger partial charge < -0.3 is 10.8 Å². The molecule has 1 aliphatic heterocycles. The Morgan fingerprint density at radius 2 is 2.29 bits per heavy atom. The summed E-state index contributed by atoms with van der Waals surface area (Å²) in [5.74, 6) is 0.0942. The average molecular weight is 238 g/mol. The zero-order valence-electron chi connectivity index (χ0n) is 9.90. The Bertz CT molecular complexity index is 384. The average Bonchev–Trinajstić information content (AvgIpc) is 2.33. The van der Waals surface area contributed by atoms with Crippen LogP contribution in [0.2, 0.25) is 0 Å². The molecule has 0 aliphatic carbocycles. The Morgan fingerprint density at radius 1 is 1.47 bits per heavy atom. The van der Waals surface area contributed by atoms with E-state index in [1.54, 1.807) is 12.1 Å². The standard InChI is InChI=1S/C13H19FN2O/c14-13-6-12(15)4-3-11(13)8-16-5-1-2-10(7-16)9-17/h3-4,6,10,17H,1-2,5,7-9,15H2. The molecule has 4 heteroatoms. The van der Waals surface area contributed by atoms with E-state index in [1.807, 2.05) is 0 Å². The Hall–Kier alpha value is -1.13. The lowest BCUT2D eigenvalue weighted by molar-refractivity contribution is 0.115. The lowest BCUT2D eigenvalue weighted by Gasteiger charge is -2.31. The third kappa shape index (κ3) is 3.17. The van der Waals surface area contributed by atoms with E-state index in [1.165, 1.54) is 6.07 Å². The second-order valence-electron chi connectivity index (χ2n) is 4.78. The molecule has 1 unspecified atom stereocenters. The topological polar surface area (TPSA) is 49.5 Å². The third-order valence-electron chi connectivity index (χ3n) is 3.33. The van der Waals surface area contributed by atoms with Gasteiger partial charge in [-0.3, -0.25) is 4.90 Å². The number of nitrogens with zero attached hydrogens (tertiary/aromatic N) is 1. The van der Waals surface area contributed by atoms with Crippen LogP contribution in [0.5, 0.6) is 0 Å². The summed E-state index contributed by atoms with van der Waals surface area (Å²) >= 11 is 0. The van der Waals surface area contributed by atoms with Crippen LogP contribution in [0.1, 0.15) is 18.4 Å². The Labute approximate surface area is 101 Å². The van der Waals surface area contributed by atoms with Crippen LogP contribution < -0.4 is 5.73 Å². The fourth-order valence-corrected chi connectivity index (χ4v) is 2.38. The number of anilines is 1. The lowest BCUT2D eigenvalue weighted by Crippen LogP contribution is -2.36. The van der Waals surface area contributed by atoms with Gasteiger partial charge in [-0.1, -0.05) is 6.07 Å². The summed E-state index contributed by atoms with van der Waals surface area (Å²) in [6.45, 7) is 2.64. The van der Waals surface area contributed by atoms with Crippen molar-refractivity contribution in [3.05, 3.63) is 29.6 Å². The summed E-state index contributed by atoms with van der Waals surface area (Å²) < 4.78 is 13.6. The van der Waals surface area contributed by atoms with Crippen molar-refractivity contribution in [3.8, 4) is 0 Å². The van der Waals surface area contributed by atoms with Crippen molar-refractivity contribution in [1.29, 1.82) is 0 Å². The first-order valence-corrected chi connectivity index (χ1v) is 6.06. The molecule has 3 nitrogen and oxygen atoms in total. The second-order valence-corrected chi connectivity index (χ2v) is 4.78. The van der Waals surface area contributed by atoms with Gasteiger partial charge >= 0.3 is 0 Å². The van der Waals surface area contributed by atoms with E-state index < -0.39 is 0 Å². The molecule has 0 bridgehead atoms. The van der Waals surface area contributed by atoms with Crippen molar-refractivity contribution in [1.82, 2.24) is 4.90 Å². The fourth-order valence-electron chi connectivity index (χ4n) is 2.38. The van der Waals surface area contributed by atoms with Gasteiger partial charge in [0, 0.05) is 30.9 Å². The van der Waals surface area contributed by atoms with Crippen LogP contribution in [0.15, 0.2) is 18.2 Å². The monoisotopic (exact) mass is 238 g/mol. The van der Waals surface area contributed by atoms with Crippen molar-refractivity contribution in [2.45, 2.75) is 19.4 Å². The summed E-state index contributed by atoms with van der Waals surface area (Å²) in [6, 6.07) is 4.84. The molecule has 2 rings (SSSR count). The summed E-state index contributed by atoms with van der Waals surface area (Å²) in [5.41, 5.74) is 6.65. The first kappa shape index (κ1) is 12.3. The van der Waals surface area contributed by atoms with E-state index in [4.69, 9.17) is 10.8 Å². The molecular formula is C13H19FN2O. The Balaban J connectivity index is 2.00. The summed E-state index contributed by atoms with van der Waals surface area (Å²) in [5, 5.41) is 9.15.